The molecule has 0 bridgehead atoms. The molecule has 0 aliphatic rings. The smallest absolute Gasteiger partial charge is 0.303 e. The van der Waals surface area contributed by atoms with Gasteiger partial charge >= 0.3 is 5.97 Å². The fraction of sp³-hybridized carbons (Fsp3) is 0.160. The van der Waals surface area contributed by atoms with E-state index in [0.717, 1.165) is 3.97 Å². The number of fused-ring (bicyclic) bond motifs is 1. The summed E-state index contributed by atoms with van der Waals surface area (Å²) >= 11 is 11.9. The molecule has 0 saturated heterocycles. The first-order valence-corrected chi connectivity index (χ1v) is 12.8. The summed E-state index contributed by atoms with van der Waals surface area (Å²) < 4.78 is 44.8. The van der Waals surface area contributed by atoms with Gasteiger partial charge in [-0.15, -0.1) is 0 Å². The van der Waals surface area contributed by atoms with E-state index in [9.17, 15) is 13.2 Å². The Morgan fingerprint density at radius 3 is 2.17 bits per heavy atom. The van der Waals surface area contributed by atoms with Crippen molar-refractivity contribution in [3.8, 4) is 23.0 Å². The van der Waals surface area contributed by atoms with Crippen molar-refractivity contribution in [2.24, 2.45) is 0 Å². The SMILES string of the molecule is COc1cc2c(CCC(=O)O)cn(S(=O)(=O)c3ccc(Oc4ccc(Cl)c(Cl)c4)cc3)c2cc1OC. The van der Waals surface area contributed by atoms with Crippen LogP contribution in [-0.2, 0) is 21.2 Å². The van der Waals surface area contributed by atoms with E-state index < -0.39 is 16.0 Å². The second kappa shape index (κ2) is 10.3. The van der Waals surface area contributed by atoms with Gasteiger partial charge in [0.25, 0.3) is 10.0 Å². The Bertz CT molecular complexity index is 1550. The third kappa shape index (κ3) is 5.09. The zero-order valence-electron chi connectivity index (χ0n) is 19.2. The zero-order valence-corrected chi connectivity index (χ0v) is 21.5. The number of carboxylic acid groups (broad SMARTS) is 1. The molecule has 0 atom stereocenters. The maximum Gasteiger partial charge on any atom is 0.303 e. The van der Waals surface area contributed by atoms with Crippen molar-refractivity contribution in [2.75, 3.05) is 14.2 Å². The number of carboxylic acids is 1. The van der Waals surface area contributed by atoms with Gasteiger partial charge in [-0.05, 0) is 54.4 Å². The lowest BCUT2D eigenvalue weighted by Gasteiger charge is -2.11. The summed E-state index contributed by atoms with van der Waals surface area (Å²) in [6.45, 7) is 0. The molecule has 11 heteroatoms. The number of rotatable bonds is 9. The summed E-state index contributed by atoms with van der Waals surface area (Å²) in [6.07, 6.45) is 1.41. The van der Waals surface area contributed by atoms with Crippen molar-refractivity contribution in [3.05, 3.63) is 76.4 Å². The van der Waals surface area contributed by atoms with Crippen LogP contribution in [0.25, 0.3) is 10.9 Å². The van der Waals surface area contributed by atoms with Crippen LogP contribution in [-0.4, -0.2) is 37.7 Å². The minimum atomic E-state index is -4.05. The number of halogens is 2. The molecule has 0 aliphatic carbocycles. The molecule has 0 amide bonds. The average Bonchev–Trinajstić information content (AvgIpc) is 3.22. The molecule has 1 heterocycles. The monoisotopic (exact) mass is 549 g/mol. The molecule has 8 nitrogen and oxygen atoms in total. The molecule has 36 heavy (non-hydrogen) atoms. The van der Waals surface area contributed by atoms with Gasteiger partial charge in [-0.2, -0.15) is 0 Å². The van der Waals surface area contributed by atoms with Gasteiger partial charge in [0, 0.05) is 30.1 Å². The normalized spacial score (nSPS) is 11.4. The molecule has 0 aliphatic heterocycles. The topological polar surface area (TPSA) is 104 Å². The van der Waals surface area contributed by atoms with Gasteiger partial charge in [0.1, 0.15) is 11.5 Å². The molecule has 0 saturated carbocycles. The Hall–Kier alpha value is -3.40. The molecule has 4 rings (SSSR count). The van der Waals surface area contributed by atoms with Crippen LogP contribution in [0, 0.1) is 0 Å². The molecule has 0 spiro atoms. The summed E-state index contributed by atoms with van der Waals surface area (Å²) in [5, 5.41) is 10.4. The second-order valence-electron chi connectivity index (χ2n) is 7.72. The number of aryl methyl sites for hydroxylation is 1. The van der Waals surface area contributed by atoms with E-state index in [1.807, 2.05) is 0 Å². The van der Waals surface area contributed by atoms with Gasteiger partial charge in [-0.1, -0.05) is 23.2 Å². The van der Waals surface area contributed by atoms with E-state index in [-0.39, 0.29) is 17.7 Å². The van der Waals surface area contributed by atoms with Crippen LogP contribution in [0.1, 0.15) is 12.0 Å². The standard InChI is InChI=1S/C25H21Cl2NO7S/c1-33-23-12-19-15(3-10-25(29)30)14-28(22(19)13-24(23)34-2)36(31,32)18-7-4-16(5-8-18)35-17-6-9-20(26)21(27)11-17/h4-9,11-14H,3,10H2,1-2H3,(H,29,30). The third-order valence-electron chi connectivity index (χ3n) is 5.47. The van der Waals surface area contributed by atoms with Gasteiger partial charge in [0.15, 0.2) is 11.5 Å². The fourth-order valence-corrected chi connectivity index (χ4v) is 5.37. The summed E-state index contributed by atoms with van der Waals surface area (Å²) in [5.41, 5.74) is 0.890. The van der Waals surface area contributed by atoms with Crippen molar-refractivity contribution in [3.63, 3.8) is 0 Å². The van der Waals surface area contributed by atoms with E-state index in [4.69, 9.17) is 42.5 Å². The van der Waals surface area contributed by atoms with E-state index >= 15 is 0 Å². The molecule has 3 aromatic carbocycles. The highest BCUT2D eigenvalue weighted by atomic mass is 35.5. The van der Waals surface area contributed by atoms with Crippen LogP contribution in [0.3, 0.4) is 0 Å². The van der Waals surface area contributed by atoms with E-state index in [1.165, 1.54) is 44.7 Å². The first-order valence-electron chi connectivity index (χ1n) is 10.6. The number of nitrogens with zero attached hydrogens (tertiary/aromatic N) is 1. The Morgan fingerprint density at radius 1 is 0.917 bits per heavy atom. The van der Waals surface area contributed by atoms with Crippen molar-refractivity contribution in [1.82, 2.24) is 3.97 Å². The quantitative estimate of drug-likeness (QED) is 0.272. The lowest BCUT2D eigenvalue weighted by molar-refractivity contribution is -0.136. The number of hydrogen-bond donors (Lipinski definition) is 1. The van der Waals surface area contributed by atoms with E-state index in [2.05, 4.69) is 0 Å². The zero-order chi connectivity index (χ0) is 26.0. The fourth-order valence-electron chi connectivity index (χ4n) is 3.70. The average molecular weight is 550 g/mol. The highest BCUT2D eigenvalue weighted by molar-refractivity contribution is 7.90. The highest BCUT2D eigenvalue weighted by Crippen LogP contribution is 2.37. The van der Waals surface area contributed by atoms with Gasteiger partial charge in [-0.3, -0.25) is 4.79 Å². The highest BCUT2D eigenvalue weighted by Gasteiger charge is 2.23. The van der Waals surface area contributed by atoms with Gasteiger partial charge < -0.3 is 19.3 Å². The molecule has 4 aromatic rings. The lowest BCUT2D eigenvalue weighted by atomic mass is 10.1. The number of methoxy groups -OCH3 is 2. The number of ether oxygens (including phenoxy) is 3. The van der Waals surface area contributed by atoms with Crippen molar-refractivity contribution >= 4 is 50.1 Å². The minimum absolute atomic E-state index is 0.0143. The number of hydrogen-bond acceptors (Lipinski definition) is 6. The number of carbonyl (C=O) groups is 1. The van der Waals surface area contributed by atoms with Gasteiger partial charge in [0.05, 0.1) is 34.7 Å². The molecular formula is C25H21Cl2NO7S. The summed E-state index contributed by atoms with van der Waals surface area (Å²) in [7, 11) is -1.14. The molecule has 1 N–H and O–H groups in total. The van der Waals surface area contributed by atoms with Crippen LogP contribution in [0.2, 0.25) is 10.0 Å². The van der Waals surface area contributed by atoms with E-state index in [0.29, 0.717) is 49.5 Å². The Morgan fingerprint density at radius 2 is 1.56 bits per heavy atom. The number of benzene rings is 3. The Labute approximate surface area is 217 Å². The first-order chi connectivity index (χ1) is 17.1. The molecular weight excluding hydrogens is 529 g/mol. The summed E-state index contributed by atoms with van der Waals surface area (Å²) in [5.74, 6) is 0.603. The number of aliphatic carboxylic acids is 1. The Balaban J connectivity index is 1.74. The van der Waals surface area contributed by atoms with E-state index in [1.54, 1.807) is 30.3 Å². The summed E-state index contributed by atoms with van der Waals surface area (Å²) in [6, 6.07) is 13.9. The molecule has 0 radical (unpaired) electrons. The predicted molar refractivity (Wildman–Crippen MR) is 137 cm³/mol. The van der Waals surface area contributed by atoms with Crippen LogP contribution in [0.5, 0.6) is 23.0 Å². The third-order valence-corrected chi connectivity index (χ3v) is 7.90. The van der Waals surface area contributed by atoms with Gasteiger partial charge in [-0.25, -0.2) is 12.4 Å². The number of aromatic nitrogens is 1. The molecule has 1 aromatic heterocycles. The van der Waals surface area contributed by atoms with Crippen LogP contribution < -0.4 is 14.2 Å². The molecule has 0 unspecified atom stereocenters. The maximum atomic E-state index is 13.6. The van der Waals surface area contributed by atoms with Crippen molar-refractivity contribution in [2.45, 2.75) is 17.7 Å². The van der Waals surface area contributed by atoms with Crippen LogP contribution >= 0.6 is 23.2 Å². The summed E-state index contributed by atoms with van der Waals surface area (Å²) in [4.78, 5) is 11.2. The van der Waals surface area contributed by atoms with Crippen molar-refractivity contribution < 1.29 is 32.5 Å². The molecule has 0 fully saturated rings. The first kappa shape index (κ1) is 25.7. The largest absolute Gasteiger partial charge is 0.493 e. The van der Waals surface area contributed by atoms with Gasteiger partial charge in [0.2, 0.25) is 0 Å². The second-order valence-corrected chi connectivity index (χ2v) is 10.4. The van der Waals surface area contributed by atoms with Crippen molar-refractivity contribution in [1.29, 1.82) is 0 Å². The minimum Gasteiger partial charge on any atom is -0.493 e. The van der Waals surface area contributed by atoms with Crippen LogP contribution in [0.4, 0.5) is 0 Å². The Kier molecular flexibility index (Phi) is 7.35. The molecule has 188 valence electrons. The predicted octanol–water partition coefficient (Wildman–Crippen LogP) is 6.01. The lowest BCUT2D eigenvalue weighted by Crippen LogP contribution is -2.12. The maximum absolute atomic E-state index is 13.6. The van der Waals surface area contributed by atoms with Crippen LogP contribution in [0.15, 0.2) is 65.7 Å².